The molecule has 0 saturated carbocycles. The van der Waals surface area contributed by atoms with E-state index in [4.69, 9.17) is 5.73 Å². The molecule has 0 radical (unpaired) electrons. The molecule has 0 aliphatic carbocycles. The Labute approximate surface area is 87.6 Å². The Hall–Kier alpha value is -0.570. The number of hydrogen-bond acceptors (Lipinski definition) is 2. The highest BCUT2D eigenvalue weighted by Crippen LogP contribution is 2.23. The number of nitrogens with zero attached hydrogens (tertiary/aromatic N) is 1. The summed E-state index contributed by atoms with van der Waals surface area (Å²) in [7, 11) is 0. The van der Waals surface area contributed by atoms with Gasteiger partial charge >= 0.3 is 0 Å². The van der Waals surface area contributed by atoms with Crippen LogP contribution in [0.5, 0.6) is 0 Å². The largest absolute Gasteiger partial charge is 0.341 e. The van der Waals surface area contributed by atoms with Crippen LogP contribution in [-0.2, 0) is 4.79 Å². The summed E-state index contributed by atoms with van der Waals surface area (Å²) in [5.41, 5.74) is 5.28. The van der Waals surface area contributed by atoms with Gasteiger partial charge in [0, 0.05) is 13.1 Å². The molecule has 1 aliphatic heterocycles. The molecule has 1 aliphatic rings. The van der Waals surface area contributed by atoms with E-state index in [1.54, 1.807) is 0 Å². The van der Waals surface area contributed by atoms with E-state index in [2.05, 4.69) is 13.8 Å². The first-order valence-corrected chi connectivity index (χ1v) is 5.63. The van der Waals surface area contributed by atoms with Crippen molar-refractivity contribution in [2.75, 3.05) is 19.6 Å². The third kappa shape index (κ3) is 3.66. The molecule has 1 unspecified atom stereocenters. The first-order chi connectivity index (χ1) is 6.65. The van der Waals surface area contributed by atoms with E-state index in [9.17, 15) is 4.79 Å². The zero-order valence-corrected chi connectivity index (χ0v) is 9.92. The van der Waals surface area contributed by atoms with Gasteiger partial charge < -0.3 is 10.6 Å². The summed E-state index contributed by atoms with van der Waals surface area (Å²) < 4.78 is 0. The van der Waals surface area contributed by atoms with Crippen LogP contribution < -0.4 is 5.73 Å². The normalized spacial score (nSPS) is 20.7. The summed E-state index contributed by atoms with van der Waals surface area (Å²) in [6.45, 7) is 10.4. The van der Waals surface area contributed by atoms with E-state index in [0.717, 1.165) is 19.5 Å². The number of likely N-dealkylation sites (tertiary alicyclic amines) is 1. The average Bonchev–Trinajstić information content (AvgIpc) is 2.68. The van der Waals surface area contributed by atoms with Crippen molar-refractivity contribution in [3.63, 3.8) is 0 Å². The van der Waals surface area contributed by atoms with E-state index in [-0.39, 0.29) is 12.5 Å². The Morgan fingerprint density at radius 1 is 1.50 bits per heavy atom. The molecule has 1 heterocycles. The summed E-state index contributed by atoms with van der Waals surface area (Å²) in [4.78, 5) is 13.1. The van der Waals surface area contributed by atoms with E-state index in [1.807, 2.05) is 18.7 Å². The third-order valence-electron chi connectivity index (χ3n) is 2.69. The highest BCUT2D eigenvalue weighted by molar-refractivity contribution is 5.78. The van der Waals surface area contributed by atoms with Crippen LogP contribution in [-0.4, -0.2) is 30.4 Å². The lowest BCUT2D eigenvalue weighted by atomic mass is 9.95. The van der Waals surface area contributed by atoms with Crippen molar-refractivity contribution >= 4 is 5.91 Å². The highest BCUT2D eigenvalue weighted by Gasteiger charge is 2.26. The van der Waals surface area contributed by atoms with Crippen molar-refractivity contribution < 1.29 is 4.79 Å². The van der Waals surface area contributed by atoms with Crippen LogP contribution in [0.4, 0.5) is 0 Å². The maximum atomic E-state index is 11.2. The van der Waals surface area contributed by atoms with Gasteiger partial charge in [0.05, 0.1) is 6.54 Å². The molecule has 0 bridgehead atoms. The van der Waals surface area contributed by atoms with Crippen molar-refractivity contribution in [2.24, 2.45) is 17.6 Å². The number of carbonyl (C=O) groups is 1. The van der Waals surface area contributed by atoms with Crippen molar-refractivity contribution in [1.82, 2.24) is 4.90 Å². The maximum Gasteiger partial charge on any atom is 0.236 e. The lowest BCUT2D eigenvalue weighted by Gasteiger charge is -2.17. The quantitative estimate of drug-likeness (QED) is 0.734. The van der Waals surface area contributed by atoms with Crippen molar-refractivity contribution in [2.45, 2.75) is 34.1 Å². The molecule has 0 aromatic heterocycles. The summed E-state index contributed by atoms with van der Waals surface area (Å²) in [5, 5.41) is 0. The van der Waals surface area contributed by atoms with E-state index in [0.29, 0.717) is 11.8 Å². The molecule has 0 aromatic rings. The topological polar surface area (TPSA) is 46.3 Å². The summed E-state index contributed by atoms with van der Waals surface area (Å²) in [5.74, 6) is 1.46. The lowest BCUT2D eigenvalue weighted by Crippen LogP contribution is -2.34. The lowest BCUT2D eigenvalue weighted by molar-refractivity contribution is -0.128. The highest BCUT2D eigenvalue weighted by atomic mass is 16.2. The first kappa shape index (κ1) is 13.4. The fourth-order valence-corrected chi connectivity index (χ4v) is 1.69. The monoisotopic (exact) mass is 200 g/mol. The van der Waals surface area contributed by atoms with Crippen LogP contribution in [0.3, 0.4) is 0 Å². The zero-order chi connectivity index (χ0) is 11.1. The fraction of sp³-hybridized carbons (Fsp3) is 0.909. The Morgan fingerprint density at radius 2 is 2.07 bits per heavy atom. The van der Waals surface area contributed by atoms with Gasteiger partial charge in [0.15, 0.2) is 0 Å². The van der Waals surface area contributed by atoms with Gasteiger partial charge in [0.25, 0.3) is 0 Å². The molecule has 84 valence electrons. The summed E-state index contributed by atoms with van der Waals surface area (Å²) in [6.07, 6.45) is 1.14. The summed E-state index contributed by atoms with van der Waals surface area (Å²) in [6, 6.07) is 0. The van der Waals surface area contributed by atoms with Gasteiger partial charge in [0.2, 0.25) is 5.91 Å². The Kier molecular flexibility index (Phi) is 6.54. The zero-order valence-electron chi connectivity index (χ0n) is 9.92. The fourth-order valence-electron chi connectivity index (χ4n) is 1.69. The smallest absolute Gasteiger partial charge is 0.236 e. The van der Waals surface area contributed by atoms with Crippen LogP contribution in [0.1, 0.15) is 34.1 Å². The standard InChI is InChI=1S/C9H18N2O.C2H6/c1-7(2)8-3-4-11(6-8)9(12)5-10;1-2/h7-8H,3-6,10H2,1-2H3;1-2H3. The van der Waals surface area contributed by atoms with E-state index < -0.39 is 0 Å². The molecule has 1 fully saturated rings. The predicted molar refractivity (Wildman–Crippen MR) is 59.9 cm³/mol. The molecule has 1 rings (SSSR count). The summed E-state index contributed by atoms with van der Waals surface area (Å²) >= 11 is 0. The number of amides is 1. The minimum Gasteiger partial charge on any atom is -0.341 e. The maximum absolute atomic E-state index is 11.2. The average molecular weight is 200 g/mol. The predicted octanol–water partition coefficient (Wildman–Crippen LogP) is 1.48. The molecule has 0 aromatic carbocycles. The third-order valence-corrected chi connectivity index (χ3v) is 2.69. The first-order valence-electron chi connectivity index (χ1n) is 5.63. The van der Waals surface area contributed by atoms with Gasteiger partial charge in [-0.05, 0) is 18.3 Å². The second-order valence-corrected chi connectivity index (χ2v) is 3.84. The Bertz CT molecular complexity index is 169. The number of hydrogen-bond donors (Lipinski definition) is 1. The van der Waals surface area contributed by atoms with Crippen molar-refractivity contribution in [1.29, 1.82) is 0 Å². The number of nitrogens with two attached hydrogens (primary N) is 1. The van der Waals surface area contributed by atoms with Crippen LogP contribution in [0, 0.1) is 11.8 Å². The molecular weight excluding hydrogens is 176 g/mol. The number of rotatable bonds is 2. The molecule has 2 N–H and O–H groups in total. The van der Waals surface area contributed by atoms with Crippen LogP contribution in [0.25, 0.3) is 0 Å². The second-order valence-electron chi connectivity index (χ2n) is 3.84. The molecule has 3 nitrogen and oxygen atoms in total. The molecule has 1 amide bonds. The van der Waals surface area contributed by atoms with Crippen molar-refractivity contribution in [3.8, 4) is 0 Å². The van der Waals surface area contributed by atoms with Gasteiger partial charge in [-0.25, -0.2) is 0 Å². The van der Waals surface area contributed by atoms with Crippen molar-refractivity contribution in [3.05, 3.63) is 0 Å². The minimum atomic E-state index is 0.0955. The molecule has 3 heteroatoms. The molecular formula is C11H24N2O. The molecule has 14 heavy (non-hydrogen) atoms. The van der Waals surface area contributed by atoms with Gasteiger partial charge in [-0.3, -0.25) is 4.79 Å². The second kappa shape index (κ2) is 6.82. The molecule has 1 atom stereocenters. The Morgan fingerprint density at radius 3 is 2.43 bits per heavy atom. The Balaban J connectivity index is 0.000000791. The SMILES string of the molecule is CC.CC(C)C1CCN(C(=O)CN)C1. The van der Waals surface area contributed by atoms with E-state index >= 15 is 0 Å². The van der Waals surface area contributed by atoms with Crippen LogP contribution in [0.15, 0.2) is 0 Å². The van der Waals surface area contributed by atoms with Crippen LogP contribution >= 0.6 is 0 Å². The minimum absolute atomic E-state index is 0.0955. The van der Waals surface area contributed by atoms with Gasteiger partial charge in [0.1, 0.15) is 0 Å². The van der Waals surface area contributed by atoms with Crippen LogP contribution in [0.2, 0.25) is 0 Å². The van der Waals surface area contributed by atoms with Gasteiger partial charge in [-0.15, -0.1) is 0 Å². The van der Waals surface area contributed by atoms with Gasteiger partial charge in [-0.2, -0.15) is 0 Å². The van der Waals surface area contributed by atoms with Gasteiger partial charge in [-0.1, -0.05) is 27.7 Å². The molecule has 0 spiro atoms. The molecule has 1 saturated heterocycles. The van der Waals surface area contributed by atoms with E-state index in [1.165, 1.54) is 0 Å². The number of carbonyl (C=O) groups excluding carboxylic acids is 1.